The molecule has 3 N–H and O–H groups in total. The van der Waals surface area contributed by atoms with Crippen molar-refractivity contribution in [3.05, 3.63) is 42.4 Å². The van der Waals surface area contributed by atoms with Crippen LogP contribution < -0.4 is 15.4 Å². The van der Waals surface area contributed by atoms with Gasteiger partial charge < -0.3 is 25.0 Å². The number of aromatic nitrogens is 6. The number of nitrogens with zero attached hydrogens (tertiary/aromatic N) is 6. The average molecular weight is 491 g/mol. The summed E-state index contributed by atoms with van der Waals surface area (Å²) >= 11 is 0. The van der Waals surface area contributed by atoms with E-state index in [1.54, 1.807) is 24.5 Å². The maximum absolute atomic E-state index is 11.3. The number of fused-ring (bicyclic) bond motifs is 1. The number of carbonyl (C=O) groups excluding carboxylic acids is 1. The van der Waals surface area contributed by atoms with Gasteiger partial charge in [-0.3, -0.25) is 9.48 Å². The zero-order valence-electron chi connectivity index (χ0n) is 21.0. The minimum Gasteiger partial charge on any atom is -0.455 e. The molecule has 0 bridgehead atoms. The van der Waals surface area contributed by atoms with Crippen molar-refractivity contribution in [2.24, 2.45) is 7.05 Å². The minimum absolute atomic E-state index is 0.0968. The Kier molecular flexibility index (Phi) is 5.87. The lowest BCUT2D eigenvalue weighted by Crippen LogP contribution is -2.34. The van der Waals surface area contributed by atoms with E-state index in [0.717, 1.165) is 11.2 Å². The summed E-state index contributed by atoms with van der Waals surface area (Å²) in [7, 11) is 1.90. The Bertz CT molecular complexity index is 1430. The van der Waals surface area contributed by atoms with Crippen LogP contribution in [0.4, 0.5) is 17.6 Å². The maximum Gasteiger partial charge on any atom is 0.222 e. The number of imidazole rings is 1. The van der Waals surface area contributed by atoms with Crippen molar-refractivity contribution in [3.8, 4) is 11.5 Å². The van der Waals surface area contributed by atoms with Crippen LogP contribution >= 0.6 is 0 Å². The van der Waals surface area contributed by atoms with Crippen LogP contribution in [0.1, 0.15) is 52.3 Å². The first-order valence-electron chi connectivity index (χ1n) is 11.9. The van der Waals surface area contributed by atoms with Crippen LogP contribution in [0.2, 0.25) is 0 Å². The number of aryl methyl sites for hydroxylation is 1. The number of hydrogen-bond donors (Lipinski definition) is 3. The molecule has 1 aliphatic rings. The predicted molar refractivity (Wildman–Crippen MR) is 136 cm³/mol. The Balaban J connectivity index is 1.39. The van der Waals surface area contributed by atoms with Crippen LogP contribution in [0.3, 0.4) is 0 Å². The number of nitrogens with one attached hydrogen (secondary N) is 2. The number of pyridine rings is 2. The van der Waals surface area contributed by atoms with Crippen LogP contribution in [-0.2, 0) is 17.3 Å². The predicted octanol–water partition coefficient (Wildman–Crippen LogP) is 4.05. The fourth-order valence-electron chi connectivity index (χ4n) is 4.24. The van der Waals surface area contributed by atoms with Crippen LogP contribution in [0.5, 0.6) is 11.5 Å². The summed E-state index contributed by atoms with van der Waals surface area (Å²) in [6, 6.07) is 7.45. The van der Waals surface area contributed by atoms with Crippen LogP contribution in [0.25, 0.3) is 11.2 Å². The monoisotopic (exact) mass is 490 g/mol. The number of aliphatic hydroxyl groups is 1. The molecule has 0 atom stereocenters. The van der Waals surface area contributed by atoms with Gasteiger partial charge in [-0.05, 0) is 18.9 Å². The van der Waals surface area contributed by atoms with Gasteiger partial charge in [0, 0.05) is 49.5 Å². The molecule has 4 aromatic heterocycles. The van der Waals surface area contributed by atoms with Gasteiger partial charge in [0.25, 0.3) is 0 Å². The molecule has 4 aromatic rings. The van der Waals surface area contributed by atoms with Gasteiger partial charge in [-0.15, -0.1) is 0 Å². The molecule has 36 heavy (non-hydrogen) atoms. The lowest BCUT2D eigenvalue weighted by Gasteiger charge is -2.34. The van der Waals surface area contributed by atoms with Gasteiger partial charge in [-0.1, -0.05) is 20.8 Å². The average Bonchev–Trinajstić information content (AvgIpc) is 3.33. The molecular weight excluding hydrogens is 460 g/mol. The Labute approximate surface area is 208 Å². The third-order valence-electron chi connectivity index (χ3n) is 6.16. The molecule has 5 rings (SSSR count). The van der Waals surface area contributed by atoms with E-state index in [1.807, 2.05) is 28.4 Å². The fraction of sp³-hybridized carbons (Fsp3) is 0.400. The van der Waals surface area contributed by atoms with E-state index in [9.17, 15) is 9.90 Å². The van der Waals surface area contributed by atoms with Gasteiger partial charge in [-0.25, -0.2) is 9.97 Å². The molecule has 4 heterocycles. The molecule has 188 valence electrons. The van der Waals surface area contributed by atoms with Crippen LogP contribution in [0, 0.1) is 0 Å². The van der Waals surface area contributed by atoms with Crippen molar-refractivity contribution >= 4 is 34.7 Å². The highest BCUT2D eigenvalue weighted by Crippen LogP contribution is 2.37. The van der Waals surface area contributed by atoms with Crippen molar-refractivity contribution in [1.29, 1.82) is 0 Å². The molecule has 0 aliphatic heterocycles. The zero-order chi connectivity index (χ0) is 25.6. The normalized spacial score (nSPS) is 17.6. The Morgan fingerprint density at radius 3 is 2.61 bits per heavy atom. The highest BCUT2D eigenvalue weighted by molar-refractivity contribution is 5.87. The Morgan fingerprint density at radius 1 is 1.14 bits per heavy atom. The van der Waals surface area contributed by atoms with Gasteiger partial charge in [0.2, 0.25) is 11.9 Å². The summed E-state index contributed by atoms with van der Waals surface area (Å²) in [6.07, 6.45) is 4.34. The van der Waals surface area contributed by atoms with E-state index in [1.165, 1.54) is 6.92 Å². The van der Waals surface area contributed by atoms with E-state index in [0.29, 0.717) is 47.6 Å². The molecule has 0 radical (unpaired) electrons. The highest BCUT2D eigenvalue weighted by Gasteiger charge is 2.33. The second-order valence-electron chi connectivity index (χ2n) is 10.2. The second-order valence-corrected chi connectivity index (χ2v) is 10.2. The molecule has 1 fully saturated rings. The first kappa shape index (κ1) is 23.7. The Morgan fingerprint density at radius 2 is 1.92 bits per heavy atom. The molecule has 0 spiro atoms. The summed E-state index contributed by atoms with van der Waals surface area (Å²) in [4.78, 5) is 24.5. The number of ether oxygens (including phenoxy) is 1. The van der Waals surface area contributed by atoms with E-state index in [2.05, 4.69) is 46.4 Å². The van der Waals surface area contributed by atoms with Crippen molar-refractivity contribution in [3.63, 3.8) is 0 Å². The van der Waals surface area contributed by atoms with Crippen LogP contribution in [-0.4, -0.2) is 46.4 Å². The Hall–Kier alpha value is -3.99. The van der Waals surface area contributed by atoms with Gasteiger partial charge in [0.15, 0.2) is 11.5 Å². The molecule has 11 heteroatoms. The SMILES string of the molecule is CC(=O)Nc1cc(Oc2cnc3nc(Nc4cc(C(C)(C)C)n([C@H]5C[C@@H](O)C5)n4)n(C)c3c2)ccn1. The molecule has 0 aromatic carbocycles. The third-order valence-corrected chi connectivity index (χ3v) is 6.16. The molecular formula is C25H30N8O3. The first-order valence-corrected chi connectivity index (χ1v) is 11.9. The molecule has 0 saturated heterocycles. The maximum atomic E-state index is 11.3. The van der Waals surface area contributed by atoms with Gasteiger partial charge >= 0.3 is 0 Å². The first-order chi connectivity index (χ1) is 17.1. The van der Waals surface area contributed by atoms with Gasteiger partial charge in [-0.2, -0.15) is 10.1 Å². The standard InChI is InChI=1S/C25H30N8O3/c1-14(34)28-21-11-17(6-7-26-21)36-18-10-19-23(27-13-18)30-24(32(19)5)29-22-12-20(25(2,3)4)33(31-22)15-8-16(35)9-15/h6-7,10-13,15-16,35H,8-9H2,1-5H3,(H,26,28,34)(H,27,29,30,31)/t15-,16+. The molecule has 1 amide bonds. The number of carbonyl (C=O) groups is 1. The topological polar surface area (TPSA) is 132 Å². The quantitative estimate of drug-likeness (QED) is 0.369. The summed E-state index contributed by atoms with van der Waals surface area (Å²) in [5.41, 5.74) is 2.35. The molecule has 1 saturated carbocycles. The highest BCUT2D eigenvalue weighted by atomic mass is 16.5. The third kappa shape index (κ3) is 4.74. The number of amides is 1. The fourth-order valence-corrected chi connectivity index (χ4v) is 4.24. The van der Waals surface area contributed by atoms with E-state index in [4.69, 9.17) is 9.84 Å². The van der Waals surface area contributed by atoms with Gasteiger partial charge in [0.05, 0.1) is 23.9 Å². The van der Waals surface area contributed by atoms with E-state index >= 15 is 0 Å². The van der Waals surface area contributed by atoms with E-state index in [-0.39, 0.29) is 23.5 Å². The summed E-state index contributed by atoms with van der Waals surface area (Å²) < 4.78 is 9.88. The van der Waals surface area contributed by atoms with Gasteiger partial charge in [0.1, 0.15) is 17.3 Å². The molecule has 11 nitrogen and oxygen atoms in total. The number of anilines is 3. The van der Waals surface area contributed by atoms with Crippen LogP contribution in [0.15, 0.2) is 36.7 Å². The number of rotatable bonds is 6. The lowest BCUT2D eigenvalue weighted by atomic mass is 9.87. The minimum atomic E-state index is -0.255. The largest absolute Gasteiger partial charge is 0.455 e. The van der Waals surface area contributed by atoms with Crippen molar-refractivity contribution in [2.75, 3.05) is 10.6 Å². The smallest absolute Gasteiger partial charge is 0.222 e. The van der Waals surface area contributed by atoms with E-state index < -0.39 is 0 Å². The molecule has 1 aliphatic carbocycles. The summed E-state index contributed by atoms with van der Waals surface area (Å²) in [6.45, 7) is 7.89. The summed E-state index contributed by atoms with van der Waals surface area (Å²) in [5, 5.41) is 20.6. The van der Waals surface area contributed by atoms with Crippen molar-refractivity contribution in [2.45, 2.75) is 58.1 Å². The second kappa shape index (κ2) is 8.90. The summed E-state index contributed by atoms with van der Waals surface area (Å²) in [5.74, 6) is 2.55. The molecule has 0 unspecified atom stereocenters. The number of aliphatic hydroxyl groups excluding tert-OH is 1. The number of hydrogen-bond acceptors (Lipinski definition) is 8. The van der Waals surface area contributed by atoms with Crippen molar-refractivity contribution < 1.29 is 14.6 Å². The lowest BCUT2D eigenvalue weighted by molar-refractivity contribution is -0.114. The van der Waals surface area contributed by atoms with Crippen molar-refractivity contribution in [1.82, 2.24) is 29.3 Å². The zero-order valence-corrected chi connectivity index (χ0v) is 21.0.